The molecule has 2 aliphatic rings. The van der Waals surface area contributed by atoms with Crippen molar-refractivity contribution in [2.24, 2.45) is 15.7 Å². The fraction of sp³-hybridized carbons (Fsp3) is 0.106. The van der Waals surface area contributed by atoms with Gasteiger partial charge >= 0.3 is 5.97 Å². The Labute approximate surface area is 597 Å². The molecule has 0 aliphatic carbocycles. The number of amides is 1. The van der Waals surface area contributed by atoms with Gasteiger partial charge in [-0.25, -0.2) is 24.1 Å². The summed E-state index contributed by atoms with van der Waals surface area (Å²) < 4.78 is 11.4. The number of nitrogens with one attached hydrogen (secondary N) is 1. The molecule has 0 saturated carbocycles. The number of carbonyl (C=O) groups excluding carboxylic acids is 2. The summed E-state index contributed by atoms with van der Waals surface area (Å²) in [4.78, 5) is 44.1. The maximum atomic E-state index is 13.6. The fourth-order valence-corrected chi connectivity index (χ4v) is 14.5. The number of nitrogens with two attached hydrogens (primary N) is 1. The number of pyridine rings is 2. The molecule has 490 valence electrons. The summed E-state index contributed by atoms with van der Waals surface area (Å²) in [6, 6.07) is 95.4. The summed E-state index contributed by atoms with van der Waals surface area (Å²) in [5.41, 5.74) is 22.5. The molecule has 10 aromatic carbocycles. The number of carbonyl (C=O) groups is 2. The van der Waals surface area contributed by atoms with E-state index in [-0.39, 0.29) is 18.0 Å². The Morgan fingerprint density at radius 3 is 1.15 bits per heavy atom. The van der Waals surface area contributed by atoms with E-state index in [1.807, 2.05) is 129 Å². The molecule has 13 nitrogen and oxygen atoms in total. The number of esters is 1. The minimum Gasteiger partial charge on any atom is -0.465 e. The van der Waals surface area contributed by atoms with E-state index >= 15 is 0 Å². The monoisotopic (exact) mass is 1430 g/mol. The van der Waals surface area contributed by atoms with Crippen molar-refractivity contribution >= 4 is 88.3 Å². The van der Waals surface area contributed by atoms with Gasteiger partial charge in [0.1, 0.15) is 33.9 Å². The molecule has 0 spiro atoms. The van der Waals surface area contributed by atoms with E-state index in [1.165, 1.54) is 7.11 Å². The number of hydrogen-bond donors (Lipinski definition) is 2. The second kappa shape index (κ2) is 29.0. The van der Waals surface area contributed by atoms with Gasteiger partial charge in [0.2, 0.25) is 0 Å². The Bertz CT molecular complexity index is 5120. The van der Waals surface area contributed by atoms with Crippen LogP contribution in [0.25, 0.3) is 44.3 Å². The number of halogens is 2. The molecule has 6 heterocycles. The largest absolute Gasteiger partial charge is 0.465 e. The highest BCUT2D eigenvalue weighted by molar-refractivity contribution is 9.10. The SMILES string of the molecule is COC(=O)C1=Nc2cc3c(-c4ccncc4)nn(C(c4ccccc4)(c4ccccc4)c4ccccc4)c3cc2C1.C[C@@H](N)c1cccc(Br)c1.C[C@@H](NC(=O)C1=Nc2cc3c(-c4ccncc4)nn(C(c4ccccc4)(c4ccccc4)c4ccccc4)c3cc2C1)c1cccc(Br)c1. The van der Waals surface area contributed by atoms with Gasteiger partial charge in [0.25, 0.3) is 5.91 Å². The third-order valence-corrected chi connectivity index (χ3v) is 19.4. The third-order valence-electron chi connectivity index (χ3n) is 18.4. The van der Waals surface area contributed by atoms with Gasteiger partial charge in [0.05, 0.1) is 35.6 Å². The predicted molar refractivity (Wildman–Crippen MR) is 406 cm³/mol. The zero-order chi connectivity index (χ0) is 68.7. The topological polar surface area (TPSA) is 168 Å². The zero-order valence-electron chi connectivity index (χ0n) is 55.1. The summed E-state index contributed by atoms with van der Waals surface area (Å²) in [5, 5.41) is 16.0. The first-order chi connectivity index (χ1) is 48.9. The Kier molecular flexibility index (Phi) is 19.1. The lowest BCUT2D eigenvalue weighted by molar-refractivity contribution is -0.132. The maximum absolute atomic E-state index is 13.6. The molecule has 4 aromatic heterocycles. The molecule has 100 heavy (non-hydrogen) atoms. The van der Waals surface area contributed by atoms with Crippen molar-refractivity contribution in [3.8, 4) is 22.5 Å². The lowest BCUT2D eigenvalue weighted by Crippen LogP contribution is -2.38. The number of nitrogens with zero attached hydrogens (tertiary/aromatic N) is 8. The second-order valence-corrected chi connectivity index (χ2v) is 26.5. The van der Waals surface area contributed by atoms with E-state index < -0.39 is 17.0 Å². The van der Waals surface area contributed by atoms with E-state index in [2.05, 4.69) is 225 Å². The van der Waals surface area contributed by atoms with Crippen LogP contribution in [0.15, 0.2) is 323 Å². The van der Waals surface area contributed by atoms with Crippen molar-refractivity contribution in [3.63, 3.8) is 0 Å². The van der Waals surface area contributed by atoms with Crippen LogP contribution in [0.5, 0.6) is 0 Å². The molecular weight excluding hydrogens is 1370 g/mol. The predicted octanol–water partition coefficient (Wildman–Crippen LogP) is 18.4. The van der Waals surface area contributed by atoms with Gasteiger partial charge in [-0.15, -0.1) is 0 Å². The van der Waals surface area contributed by atoms with E-state index in [0.717, 1.165) is 120 Å². The second-order valence-electron chi connectivity index (χ2n) is 24.7. The molecule has 0 radical (unpaired) electrons. The van der Waals surface area contributed by atoms with Crippen molar-refractivity contribution in [2.75, 3.05) is 7.11 Å². The molecule has 16 rings (SSSR count). The molecule has 1 amide bonds. The number of benzene rings is 10. The highest BCUT2D eigenvalue weighted by Gasteiger charge is 2.43. The molecule has 0 unspecified atom stereocenters. The van der Waals surface area contributed by atoms with Crippen LogP contribution in [0.2, 0.25) is 0 Å². The first kappa shape index (κ1) is 65.9. The van der Waals surface area contributed by atoms with Crippen LogP contribution < -0.4 is 11.1 Å². The number of methoxy groups -OCH3 is 1. The lowest BCUT2D eigenvalue weighted by Gasteiger charge is -2.37. The first-order valence-electron chi connectivity index (χ1n) is 33.0. The molecule has 0 fully saturated rings. The van der Waals surface area contributed by atoms with Crippen LogP contribution in [0.3, 0.4) is 0 Å². The quantitative estimate of drug-likeness (QED) is 0.0755. The molecule has 2 atom stereocenters. The average molecular weight is 1440 g/mol. The van der Waals surface area contributed by atoms with E-state index in [0.29, 0.717) is 24.3 Å². The average Bonchev–Trinajstić information content (AvgIpc) is 1.49. The highest BCUT2D eigenvalue weighted by atomic mass is 79.9. The number of rotatable bonds is 15. The Hall–Kier alpha value is -11.4. The minimum atomic E-state index is -0.819. The van der Waals surface area contributed by atoms with Gasteiger partial charge in [0.15, 0.2) is 0 Å². The van der Waals surface area contributed by atoms with E-state index in [4.69, 9.17) is 25.7 Å². The van der Waals surface area contributed by atoms with E-state index in [9.17, 15) is 9.59 Å². The van der Waals surface area contributed by atoms with Crippen molar-refractivity contribution in [1.29, 1.82) is 0 Å². The maximum Gasteiger partial charge on any atom is 0.352 e. The lowest BCUT2D eigenvalue weighted by atomic mass is 9.77. The standard InChI is InChI=1S/C42H32BrN5O.C35H26N4O2.C8H10BrN/c1-28(30-12-11-19-35(43)24-30)45-41(49)38-25-31-26-39-36(27-37(31)46-38)40(29-20-22-44-23-21-29)47-48(39)42(32-13-5-2-6-14-32,33-15-7-3-8-16-33)34-17-9-4-10-18-34;1-41-34(40)31-21-25-22-32-29(23-30(25)37-31)33(24-17-19-36-20-18-24)38-39(32)35(26-11-5-2-6-12-26,27-13-7-3-8-14-27)28-15-9-4-10-16-28;1-6(10)7-3-2-4-8(9)5-7/h2-24,26-28H,25H2,1H3,(H,45,49);2-20,22-23H,21H2,1H3;2-6H,10H2,1H3/t28-;;6-/m1.1/s1. The van der Waals surface area contributed by atoms with Crippen LogP contribution in [-0.4, -0.2) is 59.9 Å². The summed E-state index contributed by atoms with van der Waals surface area (Å²) in [6.45, 7) is 3.96. The van der Waals surface area contributed by atoms with Crippen LogP contribution in [0.1, 0.15) is 81.6 Å². The van der Waals surface area contributed by atoms with E-state index in [1.54, 1.807) is 24.8 Å². The number of hydrogen-bond acceptors (Lipinski definition) is 10. The molecule has 14 aromatic rings. The Morgan fingerprint density at radius 2 is 0.800 bits per heavy atom. The van der Waals surface area contributed by atoms with Crippen LogP contribution in [0.4, 0.5) is 11.4 Å². The normalized spacial score (nSPS) is 12.9. The Balaban J connectivity index is 0.000000151. The molecule has 2 aliphatic heterocycles. The number of fused-ring (bicyclic) bond motifs is 4. The van der Waals surface area contributed by atoms with Gasteiger partial charge in [-0.2, -0.15) is 10.2 Å². The van der Waals surface area contributed by atoms with Gasteiger partial charge in [-0.1, -0.05) is 238 Å². The van der Waals surface area contributed by atoms with Crippen molar-refractivity contribution in [1.82, 2.24) is 34.8 Å². The van der Waals surface area contributed by atoms with Gasteiger partial charge < -0.3 is 15.8 Å². The smallest absolute Gasteiger partial charge is 0.352 e. The fourth-order valence-electron chi connectivity index (χ4n) is 13.7. The first-order valence-corrected chi connectivity index (χ1v) is 34.6. The summed E-state index contributed by atoms with van der Waals surface area (Å²) in [5.74, 6) is -0.579. The molecule has 3 N–H and O–H groups in total. The van der Waals surface area contributed by atoms with Gasteiger partial charge in [-0.05, 0) is 142 Å². The molecular formula is C85H68Br2N10O3. The van der Waals surface area contributed by atoms with Gasteiger partial charge in [0, 0.05) is 74.5 Å². The molecule has 0 saturated heterocycles. The third kappa shape index (κ3) is 12.8. The zero-order valence-corrected chi connectivity index (χ0v) is 58.2. The highest BCUT2D eigenvalue weighted by Crippen LogP contribution is 2.48. The van der Waals surface area contributed by atoms with Crippen molar-refractivity contribution in [2.45, 2.75) is 49.9 Å². The summed E-state index contributed by atoms with van der Waals surface area (Å²) in [7, 11) is 1.39. The number of aromatic nitrogens is 6. The molecule has 15 heteroatoms. The Morgan fingerprint density at radius 1 is 0.450 bits per heavy atom. The number of aliphatic imine (C=N–C) groups is 2. The van der Waals surface area contributed by atoms with Crippen molar-refractivity contribution < 1.29 is 14.3 Å². The minimum absolute atomic E-state index is 0.123. The van der Waals surface area contributed by atoms with Crippen molar-refractivity contribution in [3.05, 3.63) is 368 Å². The number of ether oxygens (including phenoxy) is 1. The summed E-state index contributed by atoms with van der Waals surface area (Å²) in [6.07, 6.45) is 7.97. The van der Waals surface area contributed by atoms with Crippen LogP contribution in [0, 0.1) is 0 Å². The van der Waals surface area contributed by atoms with Crippen LogP contribution >= 0.6 is 31.9 Å². The molecule has 0 bridgehead atoms. The summed E-state index contributed by atoms with van der Waals surface area (Å²) >= 11 is 6.91. The van der Waals surface area contributed by atoms with Crippen LogP contribution in [-0.2, 0) is 38.2 Å². The van der Waals surface area contributed by atoms with Gasteiger partial charge in [-0.3, -0.25) is 14.8 Å².